The SMILES string of the molecule is OC(c1ccccc1)(c1ccc2c(c1)nnn2-c1ccc(F)cc1)C1CC1. The monoisotopic (exact) mass is 359 g/mol. The first-order chi connectivity index (χ1) is 13.2. The van der Waals surface area contributed by atoms with E-state index in [-0.39, 0.29) is 11.7 Å². The lowest BCUT2D eigenvalue weighted by Crippen LogP contribution is -2.29. The van der Waals surface area contributed by atoms with Crippen molar-refractivity contribution in [2.24, 2.45) is 5.92 Å². The Kier molecular flexibility index (Phi) is 3.58. The maximum absolute atomic E-state index is 13.2. The molecule has 1 aromatic heterocycles. The molecule has 0 aliphatic heterocycles. The highest BCUT2D eigenvalue weighted by molar-refractivity contribution is 5.77. The number of benzene rings is 3. The van der Waals surface area contributed by atoms with Gasteiger partial charge in [0.15, 0.2) is 0 Å². The van der Waals surface area contributed by atoms with Crippen LogP contribution in [0.2, 0.25) is 0 Å². The third kappa shape index (κ3) is 2.62. The Balaban J connectivity index is 1.62. The highest BCUT2D eigenvalue weighted by Crippen LogP contribution is 2.49. The lowest BCUT2D eigenvalue weighted by molar-refractivity contribution is 0.0565. The summed E-state index contributed by atoms with van der Waals surface area (Å²) in [5.74, 6) is -0.0766. The van der Waals surface area contributed by atoms with Gasteiger partial charge in [-0.25, -0.2) is 9.07 Å². The molecular weight excluding hydrogens is 341 g/mol. The first kappa shape index (κ1) is 16.1. The van der Waals surface area contributed by atoms with Crippen molar-refractivity contribution in [3.8, 4) is 5.69 Å². The third-order valence-corrected chi connectivity index (χ3v) is 5.34. The molecule has 1 unspecified atom stereocenters. The average Bonchev–Trinajstić information content (AvgIpc) is 3.49. The van der Waals surface area contributed by atoms with Crippen molar-refractivity contribution >= 4 is 11.0 Å². The van der Waals surface area contributed by atoms with Crippen LogP contribution in [0.4, 0.5) is 4.39 Å². The van der Waals surface area contributed by atoms with Crippen LogP contribution in [-0.4, -0.2) is 20.1 Å². The van der Waals surface area contributed by atoms with E-state index in [1.807, 2.05) is 48.5 Å². The summed E-state index contributed by atoms with van der Waals surface area (Å²) in [6.07, 6.45) is 2.01. The quantitative estimate of drug-likeness (QED) is 0.594. The number of hydrogen-bond acceptors (Lipinski definition) is 3. The van der Waals surface area contributed by atoms with Gasteiger partial charge in [0.05, 0.1) is 11.2 Å². The zero-order valence-corrected chi connectivity index (χ0v) is 14.6. The number of nitrogens with zero attached hydrogens (tertiary/aromatic N) is 3. The lowest BCUT2D eigenvalue weighted by atomic mass is 9.82. The van der Waals surface area contributed by atoms with E-state index in [2.05, 4.69) is 10.3 Å². The van der Waals surface area contributed by atoms with E-state index in [1.165, 1.54) is 12.1 Å². The zero-order chi connectivity index (χ0) is 18.4. The van der Waals surface area contributed by atoms with Gasteiger partial charge >= 0.3 is 0 Å². The van der Waals surface area contributed by atoms with Crippen molar-refractivity contribution in [2.75, 3.05) is 0 Å². The minimum atomic E-state index is -1.02. The summed E-state index contributed by atoms with van der Waals surface area (Å²) in [4.78, 5) is 0. The van der Waals surface area contributed by atoms with Crippen LogP contribution in [0.3, 0.4) is 0 Å². The molecule has 1 heterocycles. The number of rotatable bonds is 4. The smallest absolute Gasteiger partial charge is 0.123 e. The summed E-state index contributed by atoms with van der Waals surface area (Å²) in [5, 5.41) is 20.1. The topological polar surface area (TPSA) is 50.9 Å². The average molecular weight is 359 g/mol. The van der Waals surface area contributed by atoms with E-state index in [0.717, 1.165) is 35.2 Å². The van der Waals surface area contributed by atoms with Crippen molar-refractivity contribution < 1.29 is 9.50 Å². The van der Waals surface area contributed by atoms with Gasteiger partial charge in [0.1, 0.15) is 16.9 Å². The summed E-state index contributed by atoms with van der Waals surface area (Å²) >= 11 is 0. The molecule has 1 saturated carbocycles. The molecule has 134 valence electrons. The minimum Gasteiger partial charge on any atom is -0.380 e. The van der Waals surface area contributed by atoms with Gasteiger partial charge in [0.25, 0.3) is 0 Å². The molecule has 0 amide bonds. The van der Waals surface area contributed by atoms with Crippen LogP contribution in [0.5, 0.6) is 0 Å². The Labute approximate surface area is 155 Å². The molecule has 0 spiro atoms. The third-order valence-electron chi connectivity index (χ3n) is 5.34. The number of halogens is 1. The van der Waals surface area contributed by atoms with E-state index in [1.54, 1.807) is 16.8 Å². The van der Waals surface area contributed by atoms with Crippen LogP contribution >= 0.6 is 0 Å². The van der Waals surface area contributed by atoms with Crippen molar-refractivity contribution in [1.82, 2.24) is 15.0 Å². The minimum absolute atomic E-state index is 0.212. The van der Waals surface area contributed by atoms with Crippen molar-refractivity contribution in [3.63, 3.8) is 0 Å². The Morgan fingerprint density at radius 1 is 0.926 bits per heavy atom. The second kappa shape index (κ2) is 5.99. The number of fused-ring (bicyclic) bond motifs is 1. The van der Waals surface area contributed by atoms with Gasteiger partial charge in [-0.15, -0.1) is 5.10 Å². The second-order valence-corrected chi connectivity index (χ2v) is 7.09. The number of aliphatic hydroxyl groups is 1. The summed E-state index contributed by atoms with van der Waals surface area (Å²) < 4.78 is 14.9. The summed E-state index contributed by atoms with van der Waals surface area (Å²) in [5.41, 5.74) is 2.97. The van der Waals surface area contributed by atoms with Crippen LogP contribution < -0.4 is 0 Å². The number of hydrogen-bond donors (Lipinski definition) is 1. The fraction of sp³-hybridized carbons (Fsp3) is 0.182. The van der Waals surface area contributed by atoms with E-state index < -0.39 is 5.60 Å². The zero-order valence-electron chi connectivity index (χ0n) is 14.6. The van der Waals surface area contributed by atoms with Gasteiger partial charge in [-0.05, 0) is 66.3 Å². The van der Waals surface area contributed by atoms with Crippen molar-refractivity contribution in [3.05, 3.63) is 89.7 Å². The van der Waals surface area contributed by atoms with Crippen molar-refractivity contribution in [2.45, 2.75) is 18.4 Å². The molecule has 1 fully saturated rings. The van der Waals surface area contributed by atoms with Gasteiger partial charge in [0.2, 0.25) is 0 Å². The van der Waals surface area contributed by atoms with Crippen molar-refractivity contribution in [1.29, 1.82) is 0 Å². The molecule has 1 N–H and O–H groups in total. The molecule has 27 heavy (non-hydrogen) atoms. The fourth-order valence-electron chi connectivity index (χ4n) is 3.77. The molecule has 5 rings (SSSR count). The van der Waals surface area contributed by atoms with E-state index in [4.69, 9.17) is 0 Å². The predicted molar refractivity (Wildman–Crippen MR) is 101 cm³/mol. The largest absolute Gasteiger partial charge is 0.380 e. The molecule has 5 heteroatoms. The lowest BCUT2D eigenvalue weighted by Gasteiger charge is -2.29. The molecule has 0 bridgehead atoms. The van der Waals surface area contributed by atoms with Gasteiger partial charge < -0.3 is 5.11 Å². The molecule has 0 saturated heterocycles. The van der Waals surface area contributed by atoms with E-state index >= 15 is 0 Å². The Morgan fingerprint density at radius 2 is 1.67 bits per heavy atom. The summed E-state index contributed by atoms with van der Waals surface area (Å²) in [6, 6.07) is 21.7. The maximum Gasteiger partial charge on any atom is 0.123 e. The van der Waals surface area contributed by atoms with E-state index in [0.29, 0.717) is 5.52 Å². The predicted octanol–water partition coefficient (Wildman–Crippen LogP) is 4.21. The molecular formula is C22H18FN3O. The highest BCUT2D eigenvalue weighted by Gasteiger charge is 2.46. The molecule has 3 aromatic carbocycles. The molecule has 4 aromatic rings. The molecule has 0 radical (unpaired) electrons. The van der Waals surface area contributed by atoms with E-state index in [9.17, 15) is 9.50 Å². The summed E-state index contributed by atoms with van der Waals surface area (Å²) in [6.45, 7) is 0. The highest BCUT2D eigenvalue weighted by atomic mass is 19.1. The van der Waals surface area contributed by atoms with Gasteiger partial charge in [0, 0.05) is 0 Å². The van der Waals surface area contributed by atoms with Crippen LogP contribution in [-0.2, 0) is 5.60 Å². The first-order valence-electron chi connectivity index (χ1n) is 9.06. The molecule has 4 nitrogen and oxygen atoms in total. The summed E-state index contributed by atoms with van der Waals surface area (Å²) in [7, 11) is 0. The number of aromatic nitrogens is 3. The van der Waals surface area contributed by atoms with Crippen LogP contribution in [0.1, 0.15) is 24.0 Å². The second-order valence-electron chi connectivity index (χ2n) is 7.09. The molecule has 1 atom stereocenters. The Hall–Kier alpha value is -3.05. The Morgan fingerprint density at radius 3 is 2.37 bits per heavy atom. The van der Waals surface area contributed by atoms with Gasteiger partial charge in [-0.1, -0.05) is 41.6 Å². The van der Waals surface area contributed by atoms with Crippen LogP contribution in [0.15, 0.2) is 72.8 Å². The first-order valence-corrected chi connectivity index (χ1v) is 9.06. The normalized spacial score (nSPS) is 16.4. The Bertz CT molecular complexity index is 1100. The van der Waals surface area contributed by atoms with Gasteiger partial charge in [-0.3, -0.25) is 0 Å². The van der Waals surface area contributed by atoms with Gasteiger partial charge in [-0.2, -0.15) is 0 Å². The fourth-order valence-corrected chi connectivity index (χ4v) is 3.77. The molecule has 1 aliphatic carbocycles. The molecule has 1 aliphatic rings. The maximum atomic E-state index is 13.2. The standard InChI is InChI=1S/C22H18FN3O/c23-18-9-11-19(12-10-18)26-21-13-8-17(14-20(21)24-25-26)22(27,16-6-7-16)15-4-2-1-3-5-15/h1-5,8-14,16,27H,6-7H2. The van der Waals surface area contributed by atoms with Crippen LogP contribution in [0.25, 0.3) is 16.7 Å². The van der Waals surface area contributed by atoms with Crippen LogP contribution in [0, 0.1) is 11.7 Å².